The van der Waals surface area contributed by atoms with Gasteiger partial charge >= 0.3 is 12.1 Å². The van der Waals surface area contributed by atoms with E-state index in [4.69, 9.17) is 9.84 Å². The smallest absolute Gasteiger partial charge is 0.408 e. The second kappa shape index (κ2) is 6.01. The maximum absolute atomic E-state index is 11.7. The topological polar surface area (TPSA) is 88.5 Å². The molecule has 6 nitrogen and oxygen atoms in total. The SMILES string of the molecule is Cc1cc(C(CC(=O)O)NC(=O)OC(C)(C)C)sn1. The molecule has 0 bridgehead atoms. The van der Waals surface area contributed by atoms with E-state index in [1.165, 1.54) is 11.5 Å². The van der Waals surface area contributed by atoms with Crippen molar-refractivity contribution >= 4 is 23.6 Å². The highest BCUT2D eigenvalue weighted by atomic mass is 32.1. The van der Waals surface area contributed by atoms with Crippen LogP contribution in [-0.2, 0) is 9.53 Å². The van der Waals surface area contributed by atoms with Crippen molar-refractivity contribution in [1.29, 1.82) is 0 Å². The number of aryl methyl sites for hydroxylation is 1. The molecule has 0 spiro atoms. The summed E-state index contributed by atoms with van der Waals surface area (Å²) in [6.07, 6.45) is -0.842. The van der Waals surface area contributed by atoms with Crippen LogP contribution in [0, 0.1) is 6.92 Å². The maximum Gasteiger partial charge on any atom is 0.408 e. The lowest BCUT2D eigenvalue weighted by molar-refractivity contribution is -0.137. The summed E-state index contributed by atoms with van der Waals surface area (Å²) in [6, 6.07) is 1.13. The van der Waals surface area contributed by atoms with Gasteiger partial charge in [-0.25, -0.2) is 4.79 Å². The van der Waals surface area contributed by atoms with Crippen molar-refractivity contribution in [2.75, 3.05) is 0 Å². The largest absolute Gasteiger partial charge is 0.481 e. The average molecular weight is 286 g/mol. The van der Waals surface area contributed by atoms with Crippen molar-refractivity contribution in [3.63, 3.8) is 0 Å². The number of carboxylic acids is 1. The Bertz CT molecular complexity index is 465. The summed E-state index contributed by atoms with van der Waals surface area (Å²) in [7, 11) is 0. The van der Waals surface area contributed by atoms with Crippen LogP contribution in [0.25, 0.3) is 0 Å². The number of carboxylic acid groups (broad SMARTS) is 1. The number of alkyl carbamates (subject to hydrolysis) is 1. The third-order valence-electron chi connectivity index (χ3n) is 2.06. The zero-order valence-corrected chi connectivity index (χ0v) is 12.2. The first-order valence-corrected chi connectivity index (χ1v) is 6.59. The number of aromatic nitrogens is 1. The van der Waals surface area contributed by atoms with Gasteiger partial charge in [-0.05, 0) is 45.3 Å². The number of carbonyl (C=O) groups excluding carboxylic acids is 1. The van der Waals surface area contributed by atoms with E-state index in [-0.39, 0.29) is 6.42 Å². The van der Waals surface area contributed by atoms with E-state index in [0.29, 0.717) is 4.88 Å². The highest BCUT2D eigenvalue weighted by molar-refractivity contribution is 7.05. The first kappa shape index (κ1) is 15.4. The highest BCUT2D eigenvalue weighted by Gasteiger charge is 2.23. The van der Waals surface area contributed by atoms with E-state index >= 15 is 0 Å². The van der Waals surface area contributed by atoms with Gasteiger partial charge in [-0.3, -0.25) is 4.79 Å². The third kappa shape index (κ3) is 5.69. The molecular formula is C12H18N2O4S. The summed E-state index contributed by atoms with van der Waals surface area (Å²) in [5.41, 5.74) is 0.169. The Morgan fingerprint density at radius 2 is 2.16 bits per heavy atom. The van der Waals surface area contributed by atoms with Crippen molar-refractivity contribution in [3.8, 4) is 0 Å². The second-order valence-electron chi connectivity index (χ2n) is 5.17. The lowest BCUT2D eigenvalue weighted by Gasteiger charge is -2.22. The van der Waals surface area contributed by atoms with Crippen LogP contribution in [0.15, 0.2) is 6.07 Å². The van der Waals surface area contributed by atoms with Crippen LogP contribution >= 0.6 is 11.5 Å². The van der Waals surface area contributed by atoms with Gasteiger partial charge < -0.3 is 15.2 Å². The molecule has 1 rings (SSSR count). The van der Waals surface area contributed by atoms with Crippen molar-refractivity contribution in [3.05, 3.63) is 16.6 Å². The molecule has 0 aromatic carbocycles. The molecule has 7 heteroatoms. The molecule has 0 saturated heterocycles. The van der Waals surface area contributed by atoms with Gasteiger partial charge in [-0.2, -0.15) is 4.37 Å². The van der Waals surface area contributed by atoms with Gasteiger partial charge in [0, 0.05) is 4.88 Å². The number of ether oxygens (including phenoxy) is 1. The fourth-order valence-electron chi connectivity index (χ4n) is 1.39. The number of hydrogen-bond donors (Lipinski definition) is 2. The number of carbonyl (C=O) groups is 2. The van der Waals surface area contributed by atoms with Crippen LogP contribution in [0.1, 0.15) is 43.8 Å². The molecule has 0 saturated carbocycles. The van der Waals surface area contributed by atoms with Gasteiger partial charge in [0.1, 0.15) is 5.60 Å². The van der Waals surface area contributed by atoms with Gasteiger partial charge in [-0.1, -0.05) is 0 Å². The summed E-state index contributed by atoms with van der Waals surface area (Å²) in [6.45, 7) is 7.05. The predicted octanol–water partition coefficient (Wildman–Crippen LogP) is 2.49. The average Bonchev–Trinajstić information content (AvgIpc) is 2.60. The molecule has 1 amide bonds. The monoisotopic (exact) mass is 286 g/mol. The standard InChI is InChI=1S/C12H18N2O4S/c1-7-5-9(19-14-7)8(6-10(15)16)13-11(17)18-12(2,3)4/h5,8H,6H2,1-4H3,(H,13,17)(H,15,16). The summed E-state index contributed by atoms with van der Waals surface area (Å²) in [4.78, 5) is 23.2. The third-order valence-corrected chi connectivity index (χ3v) is 3.05. The molecule has 0 aliphatic carbocycles. The molecule has 0 aliphatic rings. The van der Waals surface area contributed by atoms with E-state index < -0.39 is 23.7 Å². The van der Waals surface area contributed by atoms with Gasteiger partial charge in [0.15, 0.2) is 0 Å². The first-order valence-electron chi connectivity index (χ1n) is 5.82. The predicted molar refractivity (Wildman–Crippen MR) is 71.2 cm³/mol. The fraction of sp³-hybridized carbons (Fsp3) is 0.583. The molecule has 1 heterocycles. The summed E-state index contributed by atoms with van der Waals surface area (Å²) >= 11 is 1.18. The molecule has 1 unspecified atom stereocenters. The number of amides is 1. The Balaban J connectivity index is 2.76. The summed E-state index contributed by atoms with van der Waals surface area (Å²) < 4.78 is 9.20. The van der Waals surface area contributed by atoms with Crippen LogP contribution in [0.5, 0.6) is 0 Å². The lowest BCUT2D eigenvalue weighted by atomic mass is 10.1. The normalized spacial score (nSPS) is 12.8. The molecule has 106 valence electrons. The van der Waals surface area contributed by atoms with Crippen molar-refractivity contribution in [2.45, 2.75) is 45.8 Å². The Labute approximate surface area is 115 Å². The van der Waals surface area contributed by atoms with Gasteiger partial charge in [-0.15, -0.1) is 0 Å². The quantitative estimate of drug-likeness (QED) is 0.887. The van der Waals surface area contributed by atoms with E-state index in [1.54, 1.807) is 26.8 Å². The molecule has 1 atom stereocenters. The first-order chi connectivity index (χ1) is 8.67. The van der Waals surface area contributed by atoms with Crippen LogP contribution in [0.4, 0.5) is 4.79 Å². The fourth-order valence-corrected chi connectivity index (χ4v) is 2.19. The van der Waals surface area contributed by atoms with Gasteiger partial charge in [0.05, 0.1) is 18.2 Å². The number of hydrogen-bond acceptors (Lipinski definition) is 5. The molecule has 2 N–H and O–H groups in total. The Kier molecular flexibility index (Phi) is 4.88. The van der Waals surface area contributed by atoms with Crippen LogP contribution in [0.2, 0.25) is 0 Å². The number of nitrogens with one attached hydrogen (secondary N) is 1. The van der Waals surface area contributed by atoms with Crippen molar-refractivity contribution in [2.24, 2.45) is 0 Å². The van der Waals surface area contributed by atoms with Gasteiger partial charge in [0.2, 0.25) is 0 Å². The Hall–Kier alpha value is -1.63. The second-order valence-corrected chi connectivity index (χ2v) is 6.00. The van der Waals surface area contributed by atoms with E-state index in [2.05, 4.69) is 9.69 Å². The molecule has 0 aliphatic heterocycles. The highest BCUT2D eigenvalue weighted by Crippen LogP contribution is 2.22. The number of nitrogens with zero attached hydrogens (tertiary/aromatic N) is 1. The minimum Gasteiger partial charge on any atom is -0.481 e. The van der Waals surface area contributed by atoms with E-state index in [0.717, 1.165) is 5.69 Å². The molecule has 19 heavy (non-hydrogen) atoms. The minimum atomic E-state index is -0.993. The van der Waals surface area contributed by atoms with Crippen LogP contribution < -0.4 is 5.32 Å². The van der Waals surface area contributed by atoms with Crippen molar-refractivity contribution < 1.29 is 19.4 Å². The molecule has 0 fully saturated rings. The van der Waals surface area contributed by atoms with Crippen LogP contribution in [-0.4, -0.2) is 27.1 Å². The number of aliphatic carboxylic acids is 1. The summed E-state index contributed by atoms with van der Waals surface area (Å²) in [5.74, 6) is -0.993. The Morgan fingerprint density at radius 1 is 1.53 bits per heavy atom. The zero-order chi connectivity index (χ0) is 14.6. The lowest BCUT2D eigenvalue weighted by Crippen LogP contribution is -2.35. The zero-order valence-electron chi connectivity index (χ0n) is 11.4. The van der Waals surface area contributed by atoms with Gasteiger partial charge in [0.25, 0.3) is 0 Å². The molecule has 1 aromatic rings. The molecule has 1 aromatic heterocycles. The van der Waals surface area contributed by atoms with E-state index in [1.807, 2.05) is 6.92 Å². The van der Waals surface area contributed by atoms with Crippen molar-refractivity contribution in [1.82, 2.24) is 9.69 Å². The summed E-state index contributed by atoms with van der Waals surface area (Å²) in [5, 5.41) is 11.5. The molecule has 0 radical (unpaired) electrons. The number of rotatable bonds is 4. The maximum atomic E-state index is 11.7. The molecular weight excluding hydrogens is 268 g/mol. The van der Waals surface area contributed by atoms with E-state index in [9.17, 15) is 9.59 Å². The minimum absolute atomic E-state index is 0.207. The van der Waals surface area contributed by atoms with Crippen LogP contribution in [0.3, 0.4) is 0 Å². The Morgan fingerprint density at radius 3 is 2.58 bits per heavy atom.